The first kappa shape index (κ1) is 23.2. The number of fused-ring (bicyclic) bond motifs is 4. The quantitative estimate of drug-likeness (QED) is 0.303. The Morgan fingerprint density at radius 1 is 1.17 bits per heavy atom. The van der Waals surface area contributed by atoms with Crippen molar-refractivity contribution in [1.29, 1.82) is 0 Å². The molecule has 0 bridgehead atoms. The summed E-state index contributed by atoms with van der Waals surface area (Å²) in [6.45, 7) is 1.20. The van der Waals surface area contributed by atoms with E-state index in [9.17, 15) is 4.79 Å². The van der Waals surface area contributed by atoms with Crippen molar-refractivity contribution in [2.45, 2.75) is 38.4 Å². The second-order valence-electron chi connectivity index (χ2n) is 9.28. The third-order valence-electron chi connectivity index (χ3n) is 7.07. The van der Waals surface area contributed by atoms with Gasteiger partial charge in [0.25, 0.3) is 5.56 Å². The number of nitrogens with one attached hydrogen (secondary N) is 1. The van der Waals surface area contributed by atoms with Gasteiger partial charge in [0.15, 0.2) is 0 Å². The van der Waals surface area contributed by atoms with Gasteiger partial charge in [-0.3, -0.25) is 9.36 Å². The Morgan fingerprint density at radius 2 is 2.06 bits per heavy atom. The van der Waals surface area contributed by atoms with Gasteiger partial charge in [-0.05, 0) is 59.4 Å². The Labute approximate surface area is 218 Å². The van der Waals surface area contributed by atoms with E-state index in [4.69, 9.17) is 21.3 Å². The van der Waals surface area contributed by atoms with E-state index in [-0.39, 0.29) is 5.56 Å². The average Bonchev–Trinajstić information content (AvgIpc) is 3.27. The lowest BCUT2D eigenvalue weighted by molar-refractivity contribution is 0.409. The molecule has 0 spiro atoms. The minimum atomic E-state index is 0.0258. The van der Waals surface area contributed by atoms with Crippen LogP contribution in [0.15, 0.2) is 71.8 Å². The number of aryl methyl sites for hydroxylation is 1. The van der Waals surface area contributed by atoms with E-state index in [2.05, 4.69) is 23.5 Å². The lowest BCUT2D eigenvalue weighted by Gasteiger charge is -2.23. The van der Waals surface area contributed by atoms with Crippen molar-refractivity contribution in [2.75, 3.05) is 7.11 Å². The Bertz CT molecular complexity index is 1640. The smallest absolute Gasteiger partial charge is 0.262 e. The normalized spacial score (nSPS) is 15.3. The molecule has 0 aliphatic heterocycles. The summed E-state index contributed by atoms with van der Waals surface area (Å²) in [6.07, 6.45) is 4.46. The maximum absolute atomic E-state index is 13.7. The maximum atomic E-state index is 13.7. The molecule has 0 amide bonds. The molecule has 2 heterocycles. The van der Waals surface area contributed by atoms with Crippen LogP contribution in [0.25, 0.3) is 21.0 Å². The van der Waals surface area contributed by atoms with Crippen LogP contribution in [-0.4, -0.2) is 22.7 Å². The largest absolute Gasteiger partial charge is 0.496 e. The van der Waals surface area contributed by atoms with Crippen molar-refractivity contribution in [3.8, 4) is 5.75 Å². The zero-order valence-corrected chi connectivity index (χ0v) is 21.5. The number of halogens is 1. The molecule has 5 aromatic rings. The van der Waals surface area contributed by atoms with Gasteiger partial charge in [-0.25, -0.2) is 4.98 Å². The molecule has 0 saturated carbocycles. The van der Waals surface area contributed by atoms with Crippen molar-refractivity contribution in [3.05, 3.63) is 104 Å². The molecule has 6 rings (SSSR count). The summed E-state index contributed by atoms with van der Waals surface area (Å²) < 4.78 is 7.38. The highest BCUT2D eigenvalue weighted by molar-refractivity contribution is 7.18. The van der Waals surface area contributed by atoms with Gasteiger partial charge in [0.2, 0.25) is 0 Å². The second kappa shape index (κ2) is 9.69. The highest BCUT2D eigenvalue weighted by Gasteiger charge is 2.25. The van der Waals surface area contributed by atoms with E-state index in [1.54, 1.807) is 29.3 Å². The second-order valence-corrected chi connectivity index (χ2v) is 10.8. The van der Waals surface area contributed by atoms with Gasteiger partial charge in [0, 0.05) is 28.0 Å². The van der Waals surface area contributed by atoms with Gasteiger partial charge in [-0.2, -0.15) is 0 Å². The van der Waals surface area contributed by atoms with Crippen molar-refractivity contribution in [2.24, 2.45) is 0 Å². The van der Waals surface area contributed by atoms with Crippen LogP contribution in [0.3, 0.4) is 0 Å². The minimum absolute atomic E-state index is 0.0258. The Hall–Kier alpha value is -3.19. The van der Waals surface area contributed by atoms with Crippen LogP contribution in [0.2, 0.25) is 5.02 Å². The third-order valence-corrected chi connectivity index (χ3v) is 8.46. The Balaban J connectivity index is 1.29. The van der Waals surface area contributed by atoms with Crippen molar-refractivity contribution >= 4 is 43.9 Å². The molecule has 5 nitrogen and oxygen atoms in total. The molecule has 1 aliphatic carbocycles. The molecule has 1 aliphatic rings. The molecule has 2 aromatic heterocycles. The average molecular weight is 516 g/mol. The number of hydrogen-bond acceptors (Lipinski definition) is 5. The van der Waals surface area contributed by atoms with E-state index in [0.717, 1.165) is 63.1 Å². The Kier molecular flexibility index (Phi) is 6.25. The van der Waals surface area contributed by atoms with Gasteiger partial charge >= 0.3 is 0 Å². The molecule has 7 heteroatoms. The third kappa shape index (κ3) is 4.30. The van der Waals surface area contributed by atoms with Gasteiger partial charge < -0.3 is 10.1 Å². The first-order chi connectivity index (χ1) is 17.6. The number of nitrogens with zero attached hydrogens (tertiary/aromatic N) is 2. The molecule has 0 saturated heterocycles. The van der Waals surface area contributed by atoms with Crippen molar-refractivity contribution in [3.63, 3.8) is 0 Å². The lowest BCUT2D eigenvalue weighted by Crippen LogP contribution is -2.33. The fraction of sp³-hybridized carbons (Fsp3) is 0.241. The predicted octanol–water partition coefficient (Wildman–Crippen LogP) is 5.97. The number of ether oxygens (including phenoxy) is 1. The minimum Gasteiger partial charge on any atom is -0.496 e. The molecule has 3 aromatic carbocycles. The fourth-order valence-corrected chi connectivity index (χ4v) is 6.71. The summed E-state index contributed by atoms with van der Waals surface area (Å²) in [6, 6.07) is 20.5. The van der Waals surface area contributed by atoms with Crippen LogP contribution in [0, 0.1) is 0 Å². The molecule has 1 atom stereocenters. The molecule has 1 unspecified atom stereocenters. The molecular formula is C29H26ClN3O2S. The highest BCUT2D eigenvalue weighted by Crippen LogP contribution is 2.34. The van der Waals surface area contributed by atoms with Crippen LogP contribution in [0.1, 0.15) is 28.0 Å². The molecule has 182 valence electrons. The van der Waals surface area contributed by atoms with Gasteiger partial charge in [0.05, 0.1) is 25.4 Å². The SMILES string of the molecule is COc1ccc2ccccc2c1Cn1cnc2sc3c(c2c1=O)CCC(NCc1cccc(Cl)c1)C3. The number of rotatable bonds is 6. The standard InChI is InChI=1S/C29H26ClN3O2S/c1-35-25-12-9-19-6-2-3-8-22(19)24(25)16-33-17-32-28-27(29(33)34)23-11-10-21(14-26(23)36-28)31-15-18-5-4-7-20(30)13-18/h2-9,12-13,17,21,31H,10-11,14-16H2,1H3. The monoisotopic (exact) mass is 515 g/mol. The van der Waals surface area contributed by atoms with E-state index in [0.29, 0.717) is 12.6 Å². The topological polar surface area (TPSA) is 56.2 Å². The molecule has 1 N–H and O–H groups in total. The van der Waals surface area contributed by atoms with Crippen LogP contribution < -0.4 is 15.6 Å². The molecular weight excluding hydrogens is 490 g/mol. The summed E-state index contributed by atoms with van der Waals surface area (Å²) in [4.78, 5) is 20.5. The van der Waals surface area contributed by atoms with Gasteiger partial charge in [-0.15, -0.1) is 11.3 Å². The summed E-state index contributed by atoms with van der Waals surface area (Å²) >= 11 is 7.79. The van der Waals surface area contributed by atoms with Gasteiger partial charge in [0.1, 0.15) is 10.6 Å². The fourth-order valence-electron chi connectivity index (χ4n) is 5.24. The van der Waals surface area contributed by atoms with Crippen molar-refractivity contribution < 1.29 is 4.74 Å². The first-order valence-electron chi connectivity index (χ1n) is 12.1. The molecule has 0 fully saturated rings. The van der Waals surface area contributed by atoms with E-state index >= 15 is 0 Å². The lowest BCUT2D eigenvalue weighted by atomic mass is 9.93. The molecule has 0 radical (unpaired) electrons. The van der Waals surface area contributed by atoms with E-state index < -0.39 is 0 Å². The Morgan fingerprint density at radius 3 is 2.92 bits per heavy atom. The number of methoxy groups -OCH3 is 1. The summed E-state index contributed by atoms with van der Waals surface area (Å²) in [5.74, 6) is 0.779. The maximum Gasteiger partial charge on any atom is 0.262 e. The highest BCUT2D eigenvalue weighted by atomic mass is 35.5. The molecule has 36 heavy (non-hydrogen) atoms. The predicted molar refractivity (Wildman–Crippen MR) is 148 cm³/mol. The first-order valence-corrected chi connectivity index (χ1v) is 13.3. The van der Waals surface area contributed by atoms with Crippen LogP contribution >= 0.6 is 22.9 Å². The zero-order valence-electron chi connectivity index (χ0n) is 20.0. The van der Waals surface area contributed by atoms with Crippen LogP contribution in [0.4, 0.5) is 0 Å². The van der Waals surface area contributed by atoms with Crippen LogP contribution in [-0.2, 0) is 25.9 Å². The summed E-state index contributed by atoms with van der Waals surface area (Å²) in [5, 5.41) is 7.42. The number of aromatic nitrogens is 2. The van der Waals surface area contributed by atoms with Crippen molar-refractivity contribution in [1.82, 2.24) is 14.9 Å². The summed E-state index contributed by atoms with van der Waals surface area (Å²) in [5.41, 5.74) is 3.37. The number of thiophene rings is 1. The summed E-state index contributed by atoms with van der Waals surface area (Å²) in [7, 11) is 1.67. The van der Waals surface area contributed by atoms with E-state index in [1.165, 1.54) is 16.0 Å². The number of hydrogen-bond donors (Lipinski definition) is 1. The van der Waals surface area contributed by atoms with Gasteiger partial charge in [-0.1, -0.05) is 54.1 Å². The van der Waals surface area contributed by atoms with Crippen LogP contribution in [0.5, 0.6) is 5.75 Å². The number of benzene rings is 3. The zero-order chi connectivity index (χ0) is 24.6. The van der Waals surface area contributed by atoms with E-state index in [1.807, 2.05) is 42.5 Å².